The van der Waals surface area contributed by atoms with Crippen LogP contribution in [-0.2, 0) is 9.59 Å². The number of carbonyl (C=O) groups excluding carboxylic acids is 2. The first kappa shape index (κ1) is 17.9. The molecule has 0 aliphatic carbocycles. The van der Waals surface area contributed by atoms with Crippen LogP contribution in [0.1, 0.15) is 53.9 Å². The summed E-state index contributed by atoms with van der Waals surface area (Å²) in [6.07, 6.45) is 1.89. The van der Waals surface area contributed by atoms with Crippen molar-refractivity contribution in [1.82, 2.24) is 10.6 Å². The molecule has 0 aromatic heterocycles. The van der Waals surface area contributed by atoms with E-state index in [0.717, 1.165) is 12.8 Å². The molecule has 5 heteroatoms. The lowest BCUT2D eigenvalue weighted by molar-refractivity contribution is -0.128. The van der Waals surface area contributed by atoms with Crippen LogP contribution in [0.4, 0.5) is 0 Å². The van der Waals surface area contributed by atoms with Gasteiger partial charge in [0.25, 0.3) is 0 Å². The van der Waals surface area contributed by atoms with E-state index in [1.165, 1.54) is 0 Å². The third-order valence-corrected chi connectivity index (χ3v) is 3.47. The van der Waals surface area contributed by atoms with Crippen molar-refractivity contribution >= 4 is 11.8 Å². The van der Waals surface area contributed by atoms with Crippen LogP contribution in [-0.4, -0.2) is 30.4 Å². The minimum absolute atomic E-state index is 0.0450. The van der Waals surface area contributed by atoms with Crippen molar-refractivity contribution in [2.75, 3.05) is 13.1 Å². The van der Waals surface area contributed by atoms with E-state index in [2.05, 4.69) is 10.6 Å². The van der Waals surface area contributed by atoms with Gasteiger partial charge in [0.2, 0.25) is 11.8 Å². The smallest absolute Gasteiger partial charge is 0.225 e. The van der Waals surface area contributed by atoms with Crippen LogP contribution in [0.15, 0.2) is 0 Å². The van der Waals surface area contributed by atoms with E-state index >= 15 is 0 Å². The molecule has 5 nitrogen and oxygen atoms in total. The van der Waals surface area contributed by atoms with Crippen LogP contribution in [0.5, 0.6) is 0 Å². The van der Waals surface area contributed by atoms with Gasteiger partial charge in [-0.05, 0) is 12.8 Å². The SMILES string of the molecule is CCC(CC)(CN)NC(=O)CCNC(=O)C(C)(C)C. The maximum absolute atomic E-state index is 11.8. The second kappa shape index (κ2) is 7.48. The molecule has 0 aromatic rings. The van der Waals surface area contributed by atoms with Crippen molar-refractivity contribution in [1.29, 1.82) is 0 Å². The zero-order valence-corrected chi connectivity index (χ0v) is 12.9. The molecule has 0 heterocycles. The number of rotatable bonds is 7. The highest BCUT2D eigenvalue weighted by atomic mass is 16.2. The Hall–Kier alpha value is -1.10. The fourth-order valence-corrected chi connectivity index (χ4v) is 1.68. The Bertz CT molecular complexity index is 296. The topological polar surface area (TPSA) is 84.2 Å². The second-order valence-electron chi connectivity index (χ2n) is 6.00. The van der Waals surface area contributed by atoms with E-state index in [0.29, 0.717) is 13.1 Å². The first-order valence-electron chi connectivity index (χ1n) is 7.00. The first-order chi connectivity index (χ1) is 8.70. The van der Waals surface area contributed by atoms with Gasteiger partial charge >= 0.3 is 0 Å². The molecule has 2 amide bonds. The largest absolute Gasteiger partial charge is 0.355 e. The summed E-state index contributed by atoms with van der Waals surface area (Å²) in [5.74, 6) is -0.111. The van der Waals surface area contributed by atoms with Crippen molar-refractivity contribution in [2.45, 2.75) is 59.4 Å². The second-order valence-corrected chi connectivity index (χ2v) is 6.00. The van der Waals surface area contributed by atoms with Gasteiger partial charge in [-0.2, -0.15) is 0 Å². The average Bonchev–Trinajstić information content (AvgIpc) is 2.35. The zero-order chi connectivity index (χ0) is 15.1. The van der Waals surface area contributed by atoms with Gasteiger partial charge in [-0.3, -0.25) is 9.59 Å². The van der Waals surface area contributed by atoms with Crippen LogP contribution in [0.3, 0.4) is 0 Å². The number of nitrogens with two attached hydrogens (primary N) is 1. The van der Waals surface area contributed by atoms with Crippen molar-refractivity contribution in [2.24, 2.45) is 11.1 Å². The lowest BCUT2D eigenvalue weighted by atomic mass is 9.92. The Balaban J connectivity index is 4.17. The van der Waals surface area contributed by atoms with E-state index < -0.39 is 5.41 Å². The van der Waals surface area contributed by atoms with Crippen LogP contribution < -0.4 is 16.4 Å². The molecule has 0 radical (unpaired) electrons. The number of hydrogen-bond acceptors (Lipinski definition) is 3. The Morgan fingerprint density at radius 3 is 2.00 bits per heavy atom. The molecule has 0 spiro atoms. The standard InChI is InChI=1S/C14H29N3O2/c1-6-14(7-2,10-15)17-11(18)8-9-16-12(19)13(3,4)5/h6-10,15H2,1-5H3,(H,16,19)(H,17,18). The summed E-state index contributed by atoms with van der Waals surface area (Å²) < 4.78 is 0. The number of amides is 2. The van der Waals surface area contributed by atoms with Gasteiger partial charge in [-0.15, -0.1) is 0 Å². The number of carbonyl (C=O) groups is 2. The van der Waals surface area contributed by atoms with E-state index in [-0.39, 0.29) is 23.8 Å². The molecule has 0 saturated carbocycles. The van der Waals surface area contributed by atoms with Gasteiger partial charge in [0.05, 0.1) is 5.54 Å². The highest BCUT2D eigenvalue weighted by Crippen LogP contribution is 2.14. The summed E-state index contributed by atoms with van der Waals surface area (Å²) in [4.78, 5) is 23.5. The van der Waals surface area contributed by atoms with E-state index in [1.54, 1.807) is 0 Å². The van der Waals surface area contributed by atoms with Gasteiger partial charge in [0, 0.05) is 24.9 Å². The molecular weight excluding hydrogens is 242 g/mol. The highest BCUT2D eigenvalue weighted by Gasteiger charge is 2.26. The maximum Gasteiger partial charge on any atom is 0.225 e. The van der Waals surface area contributed by atoms with Gasteiger partial charge in [-0.25, -0.2) is 0 Å². The summed E-state index contributed by atoms with van der Waals surface area (Å²) >= 11 is 0. The zero-order valence-electron chi connectivity index (χ0n) is 12.9. The maximum atomic E-state index is 11.8. The third-order valence-electron chi connectivity index (χ3n) is 3.47. The molecule has 0 aliphatic rings. The lowest BCUT2D eigenvalue weighted by Gasteiger charge is -2.31. The molecule has 0 rings (SSSR count). The molecular formula is C14H29N3O2. The van der Waals surface area contributed by atoms with E-state index in [4.69, 9.17) is 5.73 Å². The molecule has 0 bridgehead atoms. The molecule has 0 unspecified atom stereocenters. The predicted molar refractivity (Wildman–Crippen MR) is 77.6 cm³/mol. The van der Waals surface area contributed by atoms with Crippen molar-refractivity contribution in [3.05, 3.63) is 0 Å². The predicted octanol–water partition coefficient (Wildman–Crippen LogP) is 1.17. The Labute approximate surface area is 116 Å². The van der Waals surface area contributed by atoms with Crippen LogP contribution in [0.2, 0.25) is 0 Å². The van der Waals surface area contributed by atoms with Crippen LogP contribution >= 0.6 is 0 Å². The molecule has 4 N–H and O–H groups in total. The third kappa shape index (κ3) is 6.05. The minimum Gasteiger partial charge on any atom is -0.355 e. The summed E-state index contributed by atoms with van der Waals surface area (Å²) in [5, 5.41) is 5.74. The van der Waals surface area contributed by atoms with E-state index in [1.807, 2.05) is 34.6 Å². The number of hydrogen-bond donors (Lipinski definition) is 3. The average molecular weight is 271 g/mol. The van der Waals surface area contributed by atoms with E-state index in [9.17, 15) is 9.59 Å². The summed E-state index contributed by atoms with van der Waals surface area (Å²) in [6, 6.07) is 0. The number of nitrogens with one attached hydrogen (secondary N) is 2. The molecule has 19 heavy (non-hydrogen) atoms. The molecule has 112 valence electrons. The molecule has 0 fully saturated rings. The monoisotopic (exact) mass is 271 g/mol. The van der Waals surface area contributed by atoms with Gasteiger partial charge in [0.1, 0.15) is 0 Å². The van der Waals surface area contributed by atoms with Gasteiger partial charge < -0.3 is 16.4 Å². The minimum atomic E-state index is -0.426. The molecule has 0 atom stereocenters. The van der Waals surface area contributed by atoms with Crippen molar-refractivity contribution in [3.8, 4) is 0 Å². The Kier molecular flexibility index (Phi) is 7.05. The van der Waals surface area contributed by atoms with Crippen LogP contribution in [0.25, 0.3) is 0 Å². The summed E-state index contributed by atoms with van der Waals surface area (Å²) in [5.41, 5.74) is 4.99. The van der Waals surface area contributed by atoms with Crippen molar-refractivity contribution < 1.29 is 9.59 Å². The van der Waals surface area contributed by atoms with Gasteiger partial charge in [-0.1, -0.05) is 34.6 Å². The molecule has 0 aromatic carbocycles. The lowest BCUT2D eigenvalue weighted by Crippen LogP contribution is -2.53. The fourth-order valence-electron chi connectivity index (χ4n) is 1.68. The first-order valence-corrected chi connectivity index (χ1v) is 7.00. The van der Waals surface area contributed by atoms with Crippen LogP contribution in [0, 0.1) is 5.41 Å². The molecule has 0 aliphatic heterocycles. The summed E-state index contributed by atoms with van der Waals surface area (Å²) in [6.45, 7) is 10.3. The summed E-state index contributed by atoms with van der Waals surface area (Å²) in [7, 11) is 0. The van der Waals surface area contributed by atoms with Crippen molar-refractivity contribution in [3.63, 3.8) is 0 Å². The molecule has 0 saturated heterocycles. The Morgan fingerprint density at radius 2 is 1.63 bits per heavy atom. The fraction of sp³-hybridized carbons (Fsp3) is 0.857. The normalized spacial score (nSPS) is 12.1. The quantitative estimate of drug-likeness (QED) is 0.650. The Morgan fingerprint density at radius 1 is 1.11 bits per heavy atom. The highest BCUT2D eigenvalue weighted by molar-refractivity contribution is 5.82. The van der Waals surface area contributed by atoms with Gasteiger partial charge in [0.15, 0.2) is 0 Å².